The van der Waals surface area contributed by atoms with Crippen molar-refractivity contribution in [3.8, 4) is 11.5 Å². The van der Waals surface area contributed by atoms with Gasteiger partial charge in [-0.2, -0.15) is 0 Å². The Morgan fingerprint density at radius 3 is 2.95 bits per heavy atom. The predicted octanol–water partition coefficient (Wildman–Crippen LogP) is 4.10. The molecule has 0 unspecified atom stereocenters. The average molecular weight is 302 g/mol. The minimum Gasteiger partial charge on any atom is -0.463 e. The van der Waals surface area contributed by atoms with Gasteiger partial charge >= 0.3 is 0 Å². The summed E-state index contributed by atoms with van der Waals surface area (Å²) >= 11 is 1.30. The summed E-state index contributed by atoms with van der Waals surface area (Å²) in [5, 5.41) is 4.95. The fourth-order valence-corrected chi connectivity index (χ4v) is 2.52. The molecule has 3 rings (SSSR count). The molecule has 0 bridgehead atoms. The maximum Gasteiger partial charge on any atom is 0.257 e. The largest absolute Gasteiger partial charge is 0.463 e. The molecule has 0 fully saturated rings. The molecule has 4 nitrogen and oxygen atoms in total. The van der Waals surface area contributed by atoms with Crippen LogP contribution >= 0.6 is 11.3 Å². The second-order valence-electron chi connectivity index (χ2n) is 4.43. The zero-order valence-electron chi connectivity index (χ0n) is 11.1. The second-order valence-corrected chi connectivity index (χ2v) is 5.29. The van der Waals surface area contributed by atoms with Crippen LogP contribution in [0.3, 0.4) is 0 Å². The lowest BCUT2D eigenvalue weighted by Gasteiger charge is -2.03. The zero-order chi connectivity index (χ0) is 14.8. The molecule has 1 amide bonds. The number of hydrogen-bond donors (Lipinski definition) is 1. The SMILES string of the molecule is Cc1cc(C(=O)Nc2nc(-c3ccco3)cs2)ccc1F. The number of carbonyl (C=O) groups excluding carboxylic acids is 1. The van der Waals surface area contributed by atoms with Crippen molar-refractivity contribution in [2.24, 2.45) is 0 Å². The van der Waals surface area contributed by atoms with E-state index >= 15 is 0 Å². The molecule has 3 aromatic rings. The van der Waals surface area contributed by atoms with Gasteiger partial charge in [-0.05, 0) is 42.8 Å². The highest BCUT2D eigenvalue weighted by Gasteiger charge is 2.12. The molecule has 0 atom stereocenters. The van der Waals surface area contributed by atoms with Gasteiger partial charge in [0.2, 0.25) is 0 Å². The van der Waals surface area contributed by atoms with E-state index in [0.717, 1.165) is 0 Å². The van der Waals surface area contributed by atoms with E-state index in [0.29, 0.717) is 27.7 Å². The number of benzene rings is 1. The standard InChI is InChI=1S/C15H11FN2O2S/c1-9-7-10(4-5-11(9)16)14(19)18-15-17-12(8-21-15)13-3-2-6-20-13/h2-8H,1H3,(H,17,18,19). The molecule has 2 heterocycles. The molecule has 106 valence electrons. The lowest BCUT2D eigenvalue weighted by atomic mass is 10.1. The van der Waals surface area contributed by atoms with E-state index < -0.39 is 0 Å². The summed E-state index contributed by atoms with van der Waals surface area (Å²) in [7, 11) is 0. The lowest BCUT2D eigenvalue weighted by Crippen LogP contribution is -2.12. The van der Waals surface area contributed by atoms with Crippen LogP contribution in [-0.2, 0) is 0 Å². The molecule has 0 aliphatic carbocycles. The van der Waals surface area contributed by atoms with E-state index in [2.05, 4.69) is 10.3 Å². The van der Waals surface area contributed by atoms with Gasteiger partial charge in [-0.15, -0.1) is 11.3 Å². The van der Waals surface area contributed by atoms with E-state index in [9.17, 15) is 9.18 Å². The Hall–Kier alpha value is -2.47. The number of halogens is 1. The van der Waals surface area contributed by atoms with Crippen molar-refractivity contribution in [3.63, 3.8) is 0 Å². The van der Waals surface area contributed by atoms with Crippen LogP contribution in [0.2, 0.25) is 0 Å². The molecule has 1 N–H and O–H groups in total. The smallest absolute Gasteiger partial charge is 0.257 e. The van der Waals surface area contributed by atoms with Gasteiger partial charge in [0.15, 0.2) is 10.9 Å². The summed E-state index contributed by atoms with van der Waals surface area (Å²) in [5.74, 6) is -0.0104. The Labute approximate surface area is 124 Å². The molecule has 0 aliphatic rings. The third-order valence-electron chi connectivity index (χ3n) is 2.92. The molecule has 0 saturated carbocycles. The molecule has 0 aliphatic heterocycles. The van der Waals surface area contributed by atoms with E-state index in [4.69, 9.17) is 4.42 Å². The molecule has 0 radical (unpaired) electrons. The Balaban J connectivity index is 1.77. The van der Waals surface area contributed by atoms with E-state index in [-0.39, 0.29) is 11.7 Å². The number of carbonyl (C=O) groups is 1. The number of aryl methyl sites for hydroxylation is 1. The molecular formula is C15H11FN2O2S. The van der Waals surface area contributed by atoms with Crippen LogP contribution in [-0.4, -0.2) is 10.9 Å². The fourth-order valence-electron chi connectivity index (χ4n) is 1.82. The first kappa shape index (κ1) is 13.5. The third kappa shape index (κ3) is 2.85. The van der Waals surface area contributed by atoms with Crippen molar-refractivity contribution in [2.75, 3.05) is 5.32 Å². The van der Waals surface area contributed by atoms with E-state index in [1.165, 1.54) is 29.5 Å². The first-order chi connectivity index (χ1) is 10.1. The van der Waals surface area contributed by atoms with Crippen LogP contribution in [0.15, 0.2) is 46.4 Å². The molecular weight excluding hydrogens is 291 g/mol. The van der Waals surface area contributed by atoms with Crippen molar-refractivity contribution in [1.29, 1.82) is 0 Å². The van der Waals surface area contributed by atoms with Crippen molar-refractivity contribution in [3.05, 3.63) is 58.9 Å². The summed E-state index contributed by atoms with van der Waals surface area (Å²) < 4.78 is 18.4. The van der Waals surface area contributed by atoms with Crippen molar-refractivity contribution >= 4 is 22.4 Å². The molecule has 1 aromatic carbocycles. The number of thiazole rings is 1. The maximum atomic E-state index is 13.2. The lowest BCUT2D eigenvalue weighted by molar-refractivity contribution is 0.102. The second kappa shape index (κ2) is 5.49. The topological polar surface area (TPSA) is 55.1 Å². The van der Waals surface area contributed by atoms with E-state index in [1.54, 1.807) is 30.7 Å². The summed E-state index contributed by atoms with van der Waals surface area (Å²) in [6.45, 7) is 1.62. The monoisotopic (exact) mass is 302 g/mol. The number of aromatic nitrogens is 1. The predicted molar refractivity (Wildman–Crippen MR) is 78.9 cm³/mol. The number of nitrogens with zero attached hydrogens (tertiary/aromatic N) is 1. The average Bonchev–Trinajstić information content (AvgIpc) is 3.12. The quantitative estimate of drug-likeness (QED) is 0.792. The Morgan fingerprint density at radius 2 is 2.24 bits per heavy atom. The van der Waals surface area contributed by atoms with Crippen molar-refractivity contribution < 1.29 is 13.6 Å². The van der Waals surface area contributed by atoms with Gasteiger partial charge in [0.1, 0.15) is 11.5 Å². The molecule has 21 heavy (non-hydrogen) atoms. The molecule has 0 saturated heterocycles. The number of furan rings is 1. The zero-order valence-corrected chi connectivity index (χ0v) is 11.9. The number of amides is 1. The van der Waals surface area contributed by atoms with E-state index in [1.807, 2.05) is 0 Å². The summed E-state index contributed by atoms with van der Waals surface area (Å²) in [4.78, 5) is 16.4. The number of hydrogen-bond acceptors (Lipinski definition) is 4. The van der Waals surface area contributed by atoms with Gasteiger partial charge < -0.3 is 4.42 Å². The molecule has 6 heteroatoms. The molecule has 0 spiro atoms. The Bertz CT molecular complexity index is 781. The fraction of sp³-hybridized carbons (Fsp3) is 0.0667. The van der Waals surface area contributed by atoms with Crippen LogP contribution in [0.1, 0.15) is 15.9 Å². The van der Waals surface area contributed by atoms with Gasteiger partial charge in [0, 0.05) is 10.9 Å². The first-order valence-corrected chi connectivity index (χ1v) is 7.08. The van der Waals surface area contributed by atoms with Gasteiger partial charge in [0.05, 0.1) is 6.26 Å². The van der Waals surface area contributed by atoms with Crippen LogP contribution in [0.4, 0.5) is 9.52 Å². The number of rotatable bonds is 3. The van der Waals surface area contributed by atoms with Gasteiger partial charge in [-0.3, -0.25) is 10.1 Å². The summed E-state index contributed by atoms with van der Waals surface area (Å²) in [6, 6.07) is 7.79. The third-order valence-corrected chi connectivity index (χ3v) is 3.68. The van der Waals surface area contributed by atoms with Crippen LogP contribution in [0.5, 0.6) is 0 Å². The number of anilines is 1. The Morgan fingerprint density at radius 1 is 1.38 bits per heavy atom. The maximum absolute atomic E-state index is 13.2. The van der Waals surface area contributed by atoms with Crippen LogP contribution in [0.25, 0.3) is 11.5 Å². The Kier molecular flexibility index (Phi) is 3.53. The highest BCUT2D eigenvalue weighted by Crippen LogP contribution is 2.25. The summed E-state index contributed by atoms with van der Waals surface area (Å²) in [5.41, 5.74) is 1.48. The van der Waals surface area contributed by atoms with Crippen molar-refractivity contribution in [2.45, 2.75) is 6.92 Å². The van der Waals surface area contributed by atoms with Gasteiger partial charge in [-0.25, -0.2) is 9.37 Å². The first-order valence-electron chi connectivity index (χ1n) is 6.20. The minimum absolute atomic E-state index is 0.321. The minimum atomic E-state index is -0.332. The summed E-state index contributed by atoms with van der Waals surface area (Å²) in [6.07, 6.45) is 1.56. The van der Waals surface area contributed by atoms with Crippen LogP contribution in [0, 0.1) is 12.7 Å². The van der Waals surface area contributed by atoms with Gasteiger partial charge in [-0.1, -0.05) is 0 Å². The van der Waals surface area contributed by atoms with Crippen molar-refractivity contribution in [1.82, 2.24) is 4.98 Å². The number of nitrogens with one attached hydrogen (secondary N) is 1. The van der Waals surface area contributed by atoms with Crippen LogP contribution < -0.4 is 5.32 Å². The highest BCUT2D eigenvalue weighted by atomic mass is 32.1. The molecule has 2 aromatic heterocycles. The highest BCUT2D eigenvalue weighted by molar-refractivity contribution is 7.14. The van der Waals surface area contributed by atoms with Gasteiger partial charge in [0.25, 0.3) is 5.91 Å². The normalized spacial score (nSPS) is 10.6.